The van der Waals surface area contributed by atoms with Gasteiger partial charge in [-0.2, -0.15) is 0 Å². The number of ether oxygens (including phenoxy) is 3. The van der Waals surface area contributed by atoms with Crippen molar-refractivity contribution in [3.8, 4) is 17.0 Å². The minimum absolute atomic E-state index is 0.00898. The molecule has 7 atom stereocenters. The van der Waals surface area contributed by atoms with E-state index in [0.717, 1.165) is 55.7 Å². The number of nitrogens with zero attached hydrogens (tertiary/aromatic N) is 3. The Balaban J connectivity index is 1.02. The van der Waals surface area contributed by atoms with Crippen LogP contribution in [0.5, 0.6) is 5.75 Å². The van der Waals surface area contributed by atoms with Crippen molar-refractivity contribution in [2.24, 2.45) is 10.9 Å². The Morgan fingerprint density at radius 2 is 1.91 bits per heavy atom. The number of aliphatic hydroxyl groups excluding tert-OH is 1. The molecule has 8 nitrogen and oxygen atoms in total. The van der Waals surface area contributed by atoms with Crippen LogP contribution in [0.4, 0.5) is 13.2 Å². The second-order valence-electron chi connectivity index (χ2n) is 12.6. The molecule has 2 aliphatic carbocycles. The van der Waals surface area contributed by atoms with Crippen LogP contribution >= 0.6 is 11.8 Å². The van der Waals surface area contributed by atoms with Crippen LogP contribution in [0.1, 0.15) is 69.1 Å². The van der Waals surface area contributed by atoms with E-state index in [1.807, 2.05) is 18.8 Å². The van der Waals surface area contributed by atoms with Gasteiger partial charge in [-0.3, -0.25) is 4.99 Å². The molecule has 2 aromatic rings. The smallest absolute Gasteiger partial charge is 0.405 e. The van der Waals surface area contributed by atoms with E-state index in [4.69, 9.17) is 19.0 Å². The van der Waals surface area contributed by atoms with Gasteiger partial charge in [-0.05, 0) is 68.6 Å². The van der Waals surface area contributed by atoms with Gasteiger partial charge < -0.3 is 28.7 Å². The van der Waals surface area contributed by atoms with E-state index in [0.29, 0.717) is 40.3 Å². The van der Waals surface area contributed by atoms with Crippen molar-refractivity contribution < 1.29 is 37.0 Å². The first-order valence-corrected chi connectivity index (χ1v) is 16.6. The standard InChI is InChI=1S/C33H38F3N3O5S/c1-18(20-6-5-7-21(14-20)30-31(40)42-30)45-32(37-2)39-22-12-13-23(39)16-24(15-22)41-17-26-28(38-44-29(26)19-10-11-19)25-8-3-4-9-27(25)43-33(34,35)36/h3-5,7-9,14,18-20,22-24,30-31,40H,6,10-13,15-17H2,1-2H3/t18-,20?,22-,23+,24?,30?,31?/m1/s1. The molecule has 1 saturated carbocycles. The van der Waals surface area contributed by atoms with Crippen LogP contribution in [0.2, 0.25) is 0 Å². The second-order valence-corrected chi connectivity index (χ2v) is 14.0. The van der Waals surface area contributed by atoms with Crippen molar-refractivity contribution in [3.05, 3.63) is 59.4 Å². The van der Waals surface area contributed by atoms with E-state index in [-0.39, 0.29) is 36.0 Å². The molecule has 0 amide bonds. The normalized spacial score (nSPS) is 30.4. The van der Waals surface area contributed by atoms with Crippen LogP contribution in [0.3, 0.4) is 0 Å². The van der Waals surface area contributed by atoms with Crippen molar-refractivity contribution >= 4 is 16.9 Å². The van der Waals surface area contributed by atoms with Crippen molar-refractivity contribution in [1.29, 1.82) is 0 Å². The molecule has 1 aromatic carbocycles. The fourth-order valence-electron chi connectivity index (χ4n) is 7.07. The zero-order valence-corrected chi connectivity index (χ0v) is 26.1. The number of piperidine rings is 1. The van der Waals surface area contributed by atoms with E-state index in [1.165, 1.54) is 12.1 Å². The Hall–Kier alpha value is -2.80. The lowest BCUT2D eigenvalue weighted by Crippen LogP contribution is -2.48. The third kappa shape index (κ3) is 6.70. The number of aliphatic hydroxyl groups is 1. The summed E-state index contributed by atoms with van der Waals surface area (Å²) in [6.07, 6.45) is 7.47. The summed E-state index contributed by atoms with van der Waals surface area (Å²) in [4.78, 5) is 7.23. The number of alkyl halides is 3. The number of rotatable bonds is 9. The summed E-state index contributed by atoms with van der Waals surface area (Å²) in [5.41, 5.74) is 2.35. The number of aliphatic imine (C=N–C) groups is 1. The number of benzene rings is 1. The average molecular weight is 646 g/mol. The summed E-state index contributed by atoms with van der Waals surface area (Å²) in [6.45, 7) is 2.46. The fourth-order valence-corrected chi connectivity index (χ4v) is 8.29. The Bertz CT molecular complexity index is 1470. The number of allylic oxidation sites excluding steroid dienone is 2. The molecule has 1 N–H and O–H groups in total. The van der Waals surface area contributed by atoms with Crippen molar-refractivity contribution in [2.75, 3.05) is 7.05 Å². The third-order valence-electron chi connectivity index (χ3n) is 9.52. The predicted molar refractivity (Wildman–Crippen MR) is 164 cm³/mol. The summed E-state index contributed by atoms with van der Waals surface area (Å²) in [6, 6.07) is 6.67. The van der Waals surface area contributed by atoms with Crippen molar-refractivity contribution in [3.63, 3.8) is 0 Å². The highest BCUT2D eigenvalue weighted by Gasteiger charge is 2.44. The summed E-state index contributed by atoms with van der Waals surface area (Å²) < 4.78 is 61.3. The number of fused-ring (bicyclic) bond motifs is 2. The number of halogens is 3. The molecule has 3 aliphatic heterocycles. The van der Waals surface area contributed by atoms with Gasteiger partial charge in [0.25, 0.3) is 0 Å². The number of thioether (sulfide) groups is 1. The van der Waals surface area contributed by atoms with Crippen LogP contribution in [0, 0.1) is 5.92 Å². The van der Waals surface area contributed by atoms with E-state index in [1.54, 1.807) is 12.1 Å². The first-order chi connectivity index (χ1) is 21.7. The third-order valence-corrected chi connectivity index (χ3v) is 10.8. The maximum atomic E-state index is 13.2. The zero-order chi connectivity index (χ0) is 31.3. The van der Waals surface area contributed by atoms with E-state index in [9.17, 15) is 18.3 Å². The highest BCUT2D eigenvalue weighted by atomic mass is 32.2. The molecule has 45 heavy (non-hydrogen) atoms. The van der Waals surface area contributed by atoms with E-state index < -0.39 is 12.7 Å². The van der Waals surface area contributed by atoms with Crippen LogP contribution in [-0.2, 0) is 16.1 Å². The van der Waals surface area contributed by atoms with Gasteiger partial charge in [-0.15, -0.1) is 13.2 Å². The molecule has 4 unspecified atom stereocenters. The summed E-state index contributed by atoms with van der Waals surface area (Å²) in [5, 5.41) is 15.3. The molecule has 5 aliphatic rings. The van der Waals surface area contributed by atoms with Gasteiger partial charge >= 0.3 is 6.36 Å². The molecule has 12 heteroatoms. The van der Waals surface area contributed by atoms with Crippen LogP contribution in [0.15, 0.2) is 57.6 Å². The van der Waals surface area contributed by atoms with Crippen LogP contribution in [0.25, 0.3) is 11.3 Å². The predicted octanol–water partition coefficient (Wildman–Crippen LogP) is 6.96. The minimum atomic E-state index is -4.82. The van der Waals surface area contributed by atoms with Crippen LogP contribution < -0.4 is 4.74 Å². The highest BCUT2D eigenvalue weighted by Crippen LogP contribution is 2.47. The van der Waals surface area contributed by atoms with Gasteiger partial charge in [0.05, 0.1) is 12.7 Å². The molecule has 242 valence electrons. The van der Waals surface area contributed by atoms with Gasteiger partial charge in [-0.1, -0.05) is 54.2 Å². The molecule has 4 fully saturated rings. The molecular weight excluding hydrogens is 607 g/mol. The van der Waals surface area contributed by atoms with Gasteiger partial charge in [-0.25, -0.2) is 0 Å². The van der Waals surface area contributed by atoms with Crippen molar-refractivity contribution in [1.82, 2.24) is 10.1 Å². The first-order valence-electron chi connectivity index (χ1n) is 15.8. The largest absolute Gasteiger partial charge is 0.573 e. The molecule has 0 radical (unpaired) electrons. The molecule has 4 heterocycles. The zero-order valence-electron chi connectivity index (χ0n) is 25.3. The number of hydrogen-bond donors (Lipinski definition) is 1. The van der Waals surface area contributed by atoms with Crippen molar-refractivity contribution in [2.45, 2.75) is 107 Å². The number of epoxide rings is 1. The second kappa shape index (κ2) is 12.4. The molecule has 0 spiro atoms. The molecule has 2 bridgehead atoms. The first kappa shape index (κ1) is 30.8. The Morgan fingerprint density at radius 3 is 2.58 bits per heavy atom. The number of para-hydroxylation sites is 1. The molecule has 7 rings (SSSR count). The van der Waals surface area contributed by atoms with E-state index in [2.05, 4.69) is 39.9 Å². The quantitative estimate of drug-likeness (QED) is 0.178. The molecular formula is C33H38F3N3O5S. The number of amidine groups is 1. The van der Waals surface area contributed by atoms with E-state index >= 15 is 0 Å². The summed E-state index contributed by atoms with van der Waals surface area (Å²) >= 11 is 1.81. The Labute approximate surface area is 264 Å². The van der Waals surface area contributed by atoms with Crippen LogP contribution in [-0.4, -0.2) is 69.6 Å². The molecule has 3 saturated heterocycles. The maximum Gasteiger partial charge on any atom is 0.573 e. The Kier molecular flexibility index (Phi) is 8.51. The lowest BCUT2D eigenvalue weighted by atomic mass is 9.92. The SMILES string of the molecule is CN=C(S[C@H](C)C1C=C(C2OC2O)C=CC1)N1[C@@H]2CC[C@H]1CC(OCc1c(-c3ccccc3OC(F)(F)F)noc1C1CC1)C2. The number of aromatic nitrogens is 1. The summed E-state index contributed by atoms with van der Waals surface area (Å²) in [5.74, 6) is 0.941. The minimum Gasteiger partial charge on any atom is -0.405 e. The lowest BCUT2D eigenvalue weighted by Gasteiger charge is -2.41. The summed E-state index contributed by atoms with van der Waals surface area (Å²) in [7, 11) is 1.86. The fraction of sp³-hybridized carbons (Fsp3) is 0.576. The highest BCUT2D eigenvalue weighted by molar-refractivity contribution is 8.14. The lowest BCUT2D eigenvalue weighted by molar-refractivity contribution is -0.274. The number of hydrogen-bond acceptors (Lipinski definition) is 8. The average Bonchev–Trinajstić information content (AvgIpc) is 3.93. The van der Waals surface area contributed by atoms with Gasteiger partial charge in [0, 0.05) is 41.4 Å². The topological polar surface area (TPSA) is 92.9 Å². The maximum absolute atomic E-state index is 13.2. The monoisotopic (exact) mass is 645 g/mol. The van der Waals surface area contributed by atoms with Gasteiger partial charge in [0.15, 0.2) is 11.5 Å². The molecule has 1 aromatic heterocycles. The Morgan fingerprint density at radius 1 is 1.18 bits per heavy atom. The van der Waals surface area contributed by atoms with Gasteiger partial charge in [0.2, 0.25) is 0 Å². The van der Waals surface area contributed by atoms with Gasteiger partial charge in [0.1, 0.15) is 23.3 Å².